The van der Waals surface area contributed by atoms with Crippen LogP contribution in [0.25, 0.3) is 10.9 Å². The second-order valence-electron chi connectivity index (χ2n) is 5.81. The maximum absolute atomic E-state index is 12.5. The van der Waals surface area contributed by atoms with Crippen molar-refractivity contribution in [2.24, 2.45) is 0 Å². The van der Waals surface area contributed by atoms with Gasteiger partial charge in [-0.2, -0.15) is 0 Å². The van der Waals surface area contributed by atoms with Crippen molar-refractivity contribution >= 4 is 22.6 Å². The highest BCUT2D eigenvalue weighted by molar-refractivity contribution is 5.99. The predicted octanol–water partition coefficient (Wildman–Crippen LogP) is 4.13. The van der Waals surface area contributed by atoms with Crippen LogP contribution >= 0.6 is 0 Å². The number of fused-ring (bicyclic) bond motifs is 1. The van der Waals surface area contributed by atoms with Crippen LogP contribution in [0.1, 0.15) is 18.5 Å². The molecule has 0 bridgehead atoms. The molecule has 2 amide bonds. The number of amides is 2. The summed E-state index contributed by atoms with van der Waals surface area (Å²) in [5.41, 5.74) is 2.24. The van der Waals surface area contributed by atoms with Gasteiger partial charge in [-0.1, -0.05) is 18.2 Å². The van der Waals surface area contributed by atoms with E-state index >= 15 is 0 Å². The van der Waals surface area contributed by atoms with E-state index in [-0.39, 0.29) is 12.1 Å². The summed E-state index contributed by atoms with van der Waals surface area (Å²) < 4.78 is 10.6. The molecular formula is C20H21N3O3. The number of benzene rings is 2. The quantitative estimate of drug-likeness (QED) is 0.725. The zero-order valence-electron chi connectivity index (χ0n) is 14.9. The highest BCUT2D eigenvalue weighted by Gasteiger charge is 2.16. The number of rotatable bonds is 5. The fourth-order valence-electron chi connectivity index (χ4n) is 2.82. The molecule has 134 valence electrons. The number of carbonyl (C=O) groups excluding carboxylic acids is 1. The topological polar surface area (TPSA) is 72.5 Å². The third-order valence-corrected chi connectivity index (χ3v) is 4.13. The molecule has 6 nitrogen and oxygen atoms in total. The molecule has 26 heavy (non-hydrogen) atoms. The van der Waals surface area contributed by atoms with Crippen molar-refractivity contribution in [2.75, 3.05) is 19.5 Å². The number of carbonyl (C=O) groups is 1. The van der Waals surface area contributed by atoms with Gasteiger partial charge in [0.2, 0.25) is 0 Å². The van der Waals surface area contributed by atoms with E-state index < -0.39 is 0 Å². The van der Waals surface area contributed by atoms with Crippen molar-refractivity contribution in [3.63, 3.8) is 0 Å². The van der Waals surface area contributed by atoms with Crippen molar-refractivity contribution < 1.29 is 14.3 Å². The maximum Gasteiger partial charge on any atom is 0.319 e. The Morgan fingerprint density at radius 3 is 2.65 bits per heavy atom. The molecule has 0 aliphatic carbocycles. The lowest BCUT2D eigenvalue weighted by atomic mass is 10.1. The molecular weight excluding hydrogens is 330 g/mol. The first-order chi connectivity index (χ1) is 12.6. The number of anilines is 1. The smallest absolute Gasteiger partial charge is 0.319 e. The van der Waals surface area contributed by atoms with Crippen LogP contribution in [0.4, 0.5) is 10.5 Å². The zero-order valence-corrected chi connectivity index (χ0v) is 14.9. The Morgan fingerprint density at radius 2 is 1.88 bits per heavy atom. The van der Waals surface area contributed by atoms with Gasteiger partial charge < -0.3 is 20.1 Å². The van der Waals surface area contributed by atoms with Gasteiger partial charge in [0.05, 0.1) is 31.5 Å². The first-order valence-electron chi connectivity index (χ1n) is 8.25. The van der Waals surface area contributed by atoms with Crippen molar-refractivity contribution in [3.8, 4) is 11.5 Å². The van der Waals surface area contributed by atoms with Gasteiger partial charge in [0, 0.05) is 17.1 Å². The van der Waals surface area contributed by atoms with Crippen LogP contribution in [-0.4, -0.2) is 25.2 Å². The van der Waals surface area contributed by atoms with Crippen molar-refractivity contribution in [2.45, 2.75) is 13.0 Å². The number of urea groups is 1. The van der Waals surface area contributed by atoms with E-state index in [4.69, 9.17) is 9.47 Å². The maximum atomic E-state index is 12.5. The summed E-state index contributed by atoms with van der Waals surface area (Å²) in [6, 6.07) is 14.4. The van der Waals surface area contributed by atoms with Crippen LogP contribution in [0.2, 0.25) is 0 Å². The average molecular weight is 351 g/mol. The Bertz CT molecular complexity index is 922. The lowest BCUT2D eigenvalue weighted by Crippen LogP contribution is -2.31. The number of hydrogen-bond donors (Lipinski definition) is 2. The summed E-state index contributed by atoms with van der Waals surface area (Å²) in [7, 11) is 3.20. The molecule has 2 aromatic carbocycles. The van der Waals surface area contributed by atoms with E-state index in [0.29, 0.717) is 17.2 Å². The first-order valence-corrected chi connectivity index (χ1v) is 8.25. The summed E-state index contributed by atoms with van der Waals surface area (Å²) >= 11 is 0. The van der Waals surface area contributed by atoms with Gasteiger partial charge in [0.1, 0.15) is 11.5 Å². The summed E-state index contributed by atoms with van der Waals surface area (Å²) in [4.78, 5) is 16.8. The second kappa shape index (κ2) is 7.74. The molecule has 3 aromatic rings. The Morgan fingerprint density at radius 1 is 1.08 bits per heavy atom. The molecule has 3 rings (SSSR count). The van der Waals surface area contributed by atoms with Crippen LogP contribution in [0, 0.1) is 0 Å². The lowest BCUT2D eigenvalue weighted by molar-refractivity contribution is 0.249. The Labute approximate surface area is 152 Å². The minimum absolute atomic E-state index is 0.275. The van der Waals surface area contributed by atoms with Crippen LogP contribution < -0.4 is 20.1 Å². The molecule has 1 aromatic heterocycles. The van der Waals surface area contributed by atoms with E-state index in [2.05, 4.69) is 15.6 Å². The normalized spacial score (nSPS) is 11.7. The van der Waals surface area contributed by atoms with Crippen molar-refractivity contribution in [1.82, 2.24) is 10.3 Å². The standard InChI is InChI=1S/C20H21N3O3/c1-13(16-12-15(25-2)9-10-18(16)26-3)22-20(24)23-17-8-4-6-14-7-5-11-21-19(14)17/h4-13H,1-3H3,(H2,22,23,24). The highest BCUT2D eigenvalue weighted by atomic mass is 16.5. The first kappa shape index (κ1) is 17.5. The van der Waals surface area contributed by atoms with E-state index in [1.807, 2.05) is 55.5 Å². The predicted molar refractivity (Wildman–Crippen MR) is 102 cm³/mol. The van der Waals surface area contributed by atoms with Gasteiger partial charge in [-0.15, -0.1) is 0 Å². The molecule has 0 aliphatic rings. The minimum Gasteiger partial charge on any atom is -0.497 e. The summed E-state index contributed by atoms with van der Waals surface area (Å²) in [6.07, 6.45) is 1.70. The monoisotopic (exact) mass is 351 g/mol. The number of para-hydroxylation sites is 1. The summed E-state index contributed by atoms with van der Waals surface area (Å²) in [6.45, 7) is 1.89. The largest absolute Gasteiger partial charge is 0.497 e. The number of methoxy groups -OCH3 is 2. The van der Waals surface area contributed by atoms with Gasteiger partial charge >= 0.3 is 6.03 Å². The molecule has 1 unspecified atom stereocenters. The lowest BCUT2D eigenvalue weighted by Gasteiger charge is -2.19. The highest BCUT2D eigenvalue weighted by Crippen LogP contribution is 2.29. The fourth-order valence-corrected chi connectivity index (χ4v) is 2.82. The van der Waals surface area contributed by atoms with E-state index in [0.717, 1.165) is 16.5 Å². The second-order valence-corrected chi connectivity index (χ2v) is 5.81. The minimum atomic E-state index is -0.319. The number of nitrogens with one attached hydrogen (secondary N) is 2. The number of hydrogen-bond acceptors (Lipinski definition) is 4. The number of nitrogens with zero attached hydrogens (tertiary/aromatic N) is 1. The summed E-state index contributed by atoms with van der Waals surface area (Å²) in [5.74, 6) is 1.39. The molecule has 2 N–H and O–H groups in total. The van der Waals surface area contributed by atoms with Gasteiger partial charge in [-0.25, -0.2) is 4.79 Å². The van der Waals surface area contributed by atoms with Crippen LogP contribution in [-0.2, 0) is 0 Å². The molecule has 0 aliphatic heterocycles. The van der Waals surface area contributed by atoms with E-state index in [9.17, 15) is 4.79 Å². The number of ether oxygens (including phenoxy) is 2. The third kappa shape index (κ3) is 3.69. The molecule has 0 saturated heterocycles. The Balaban J connectivity index is 1.77. The molecule has 0 spiro atoms. The summed E-state index contributed by atoms with van der Waals surface area (Å²) in [5, 5.41) is 6.75. The Hall–Kier alpha value is -3.28. The van der Waals surface area contributed by atoms with Crippen LogP contribution in [0.3, 0.4) is 0 Å². The average Bonchev–Trinajstić information content (AvgIpc) is 2.67. The number of aromatic nitrogens is 1. The molecule has 1 heterocycles. The van der Waals surface area contributed by atoms with Crippen molar-refractivity contribution in [3.05, 3.63) is 60.3 Å². The number of pyridine rings is 1. The SMILES string of the molecule is COc1ccc(OC)c(C(C)NC(=O)Nc2cccc3cccnc23)c1. The van der Waals surface area contributed by atoms with Gasteiger partial charge in [-0.3, -0.25) is 4.98 Å². The van der Waals surface area contributed by atoms with Crippen molar-refractivity contribution in [1.29, 1.82) is 0 Å². The Kier molecular flexibility index (Phi) is 5.22. The molecule has 0 saturated carbocycles. The molecule has 1 atom stereocenters. The molecule has 0 radical (unpaired) electrons. The van der Waals surface area contributed by atoms with Gasteiger partial charge in [-0.05, 0) is 37.3 Å². The van der Waals surface area contributed by atoms with E-state index in [1.54, 1.807) is 20.4 Å². The third-order valence-electron chi connectivity index (χ3n) is 4.13. The van der Waals surface area contributed by atoms with Gasteiger partial charge in [0.15, 0.2) is 0 Å². The van der Waals surface area contributed by atoms with Gasteiger partial charge in [0.25, 0.3) is 0 Å². The van der Waals surface area contributed by atoms with Crippen LogP contribution in [0.15, 0.2) is 54.7 Å². The zero-order chi connectivity index (χ0) is 18.5. The van der Waals surface area contributed by atoms with E-state index in [1.165, 1.54) is 0 Å². The van der Waals surface area contributed by atoms with Crippen LogP contribution in [0.5, 0.6) is 11.5 Å². The molecule has 0 fully saturated rings. The molecule has 6 heteroatoms. The fraction of sp³-hybridized carbons (Fsp3) is 0.200.